The molecule has 0 heterocycles. The van der Waals surface area contributed by atoms with Gasteiger partial charge in [0.05, 0.1) is 0 Å². The predicted octanol–water partition coefficient (Wildman–Crippen LogP) is 16.5. The number of esters is 3. The molecule has 0 amide bonds. The third-order valence-electron chi connectivity index (χ3n) is 11.1. The highest BCUT2D eigenvalue weighted by molar-refractivity contribution is 5.71. The van der Waals surface area contributed by atoms with Crippen LogP contribution in [0.1, 0.15) is 265 Å². The van der Waals surface area contributed by atoms with Gasteiger partial charge in [-0.25, -0.2) is 0 Å². The van der Waals surface area contributed by atoms with Gasteiger partial charge in [-0.1, -0.05) is 218 Å². The average Bonchev–Trinajstić information content (AvgIpc) is 3.23. The lowest BCUT2D eigenvalue weighted by atomic mass is 10.0. The summed E-state index contributed by atoms with van der Waals surface area (Å²) in [7, 11) is 0. The van der Waals surface area contributed by atoms with Crippen LogP contribution in [0.3, 0.4) is 0 Å². The molecule has 344 valence electrons. The highest BCUT2D eigenvalue weighted by Gasteiger charge is 2.19. The SMILES string of the molecule is CCCC/C=C\CCCCCCC(=O)OCC(COC(=O)CCCCCCCCCCCC/C=C\C=C/CCCCC)OC(=O)CCCCCCCCCCCCCC. The van der Waals surface area contributed by atoms with E-state index in [0.29, 0.717) is 19.3 Å². The molecule has 0 N–H and O–H groups in total. The Kier molecular flexibility index (Phi) is 46.4. The number of hydrogen-bond donors (Lipinski definition) is 0. The minimum atomic E-state index is -0.772. The first-order valence-electron chi connectivity index (χ1n) is 25.5. The second-order valence-electron chi connectivity index (χ2n) is 17.1. The van der Waals surface area contributed by atoms with Gasteiger partial charge < -0.3 is 14.2 Å². The summed E-state index contributed by atoms with van der Waals surface area (Å²) >= 11 is 0. The topological polar surface area (TPSA) is 78.9 Å². The molecule has 0 aliphatic rings. The van der Waals surface area contributed by atoms with Gasteiger partial charge in [-0.05, 0) is 64.2 Å². The van der Waals surface area contributed by atoms with Crippen LogP contribution in [0.25, 0.3) is 0 Å². The van der Waals surface area contributed by atoms with Crippen molar-refractivity contribution in [3.8, 4) is 0 Å². The molecule has 1 atom stereocenters. The summed E-state index contributed by atoms with van der Waals surface area (Å²) in [5.41, 5.74) is 0. The van der Waals surface area contributed by atoms with E-state index in [2.05, 4.69) is 57.2 Å². The van der Waals surface area contributed by atoms with E-state index in [9.17, 15) is 14.4 Å². The van der Waals surface area contributed by atoms with Gasteiger partial charge in [-0.3, -0.25) is 14.4 Å². The summed E-state index contributed by atoms with van der Waals surface area (Å²) in [6.07, 6.45) is 55.6. The standard InChI is InChI=1S/C53H96O6/c1-4-7-10-13-16-19-22-24-25-26-27-28-29-30-32-34-37-40-43-46-52(55)58-49-50(48-57-51(54)45-42-39-36-33-21-18-15-12-9-6-3)59-53(56)47-44-41-38-35-31-23-20-17-14-11-8-5-2/h15-16,18-19,22,24,50H,4-14,17,20-21,23,25-49H2,1-3H3/b18-15-,19-16-,24-22-. The second kappa shape index (κ2) is 48.3. The third kappa shape index (κ3) is 46.5. The molecule has 6 heteroatoms. The molecule has 0 saturated heterocycles. The molecule has 6 nitrogen and oxygen atoms in total. The number of allylic oxidation sites excluding steroid dienone is 6. The molecule has 0 aliphatic carbocycles. The van der Waals surface area contributed by atoms with Gasteiger partial charge in [0.2, 0.25) is 0 Å². The van der Waals surface area contributed by atoms with Crippen LogP contribution in [0.2, 0.25) is 0 Å². The first-order chi connectivity index (χ1) is 29.0. The van der Waals surface area contributed by atoms with Crippen molar-refractivity contribution in [2.45, 2.75) is 271 Å². The molecular formula is C53H96O6. The lowest BCUT2D eigenvalue weighted by molar-refractivity contribution is -0.167. The van der Waals surface area contributed by atoms with E-state index in [-0.39, 0.29) is 31.1 Å². The highest BCUT2D eigenvalue weighted by Crippen LogP contribution is 2.15. The van der Waals surface area contributed by atoms with Crippen molar-refractivity contribution in [2.75, 3.05) is 13.2 Å². The molecule has 0 fully saturated rings. The van der Waals surface area contributed by atoms with Crippen molar-refractivity contribution in [3.05, 3.63) is 36.5 Å². The molecule has 0 saturated carbocycles. The van der Waals surface area contributed by atoms with E-state index >= 15 is 0 Å². The van der Waals surface area contributed by atoms with Crippen LogP contribution >= 0.6 is 0 Å². The summed E-state index contributed by atoms with van der Waals surface area (Å²) in [6.45, 7) is 6.56. The average molecular weight is 829 g/mol. The number of unbranched alkanes of at least 4 members (excludes halogenated alkanes) is 30. The fraction of sp³-hybridized carbons (Fsp3) is 0.830. The molecular weight excluding hydrogens is 733 g/mol. The number of carbonyl (C=O) groups is 3. The Morgan fingerprint density at radius 1 is 0.339 bits per heavy atom. The fourth-order valence-corrected chi connectivity index (χ4v) is 7.24. The molecule has 0 aliphatic heterocycles. The molecule has 0 aromatic carbocycles. The monoisotopic (exact) mass is 829 g/mol. The van der Waals surface area contributed by atoms with Crippen LogP contribution in [-0.2, 0) is 28.6 Å². The number of ether oxygens (including phenoxy) is 3. The van der Waals surface area contributed by atoms with Crippen molar-refractivity contribution in [3.63, 3.8) is 0 Å². The first kappa shape index (κ1) is 56.6. The lowest BCUT2D eigenvalue weighted by Crippen LogP contribution is -2.30. The normalized spacial score (nSPS) is 12.3. The third-order valence-corrected chi connectivity index (χ3v) is 11.1. The molecule has 0 radical (unpaired) electrons. The Bertz CT molecular complexity index is 1000. The van der Waals surface area contributed by atoms with Crippen LogP contribution in [-0.4, -0.2) is 37.2 Å². The van der Waals surface area contributed by atoms with Crippen LogP contribution in [0, 0.1) is 0 Å². The molecule has 59 heavy (non-hydrogen) atoms. The summed E-state index contributed by atoms with van der Waals surface area (Å²) in [5.74, 6) is -0.884. The molecule has 1 unspecified atom stereocenters. The Labute approximate surface area is 365 Å². The van der Waals surface area contributed by atoms with Crippen molar-refractivity contribution in [1.82, 2.24) is 0 Å². The van der Waals surface area contributed by atoms with Crippen molar-refractivity contribution >= 4 is 17.9 Å². The van der Waals surface area contributed by atoms with Crippen LogP contribution < -0.4 is 0 Å². The van der Waals surface area contributed by atoms with Gasteiger partial charge >= 0.3 is 17.9 Å². The first-order valence-corrected chi connectivity index (χ1v) is 25.5. The zero-order valence-electron chi connectivity index (χ0n) is 39.3. The molecule has 0 rings (SSSR count). The van der Waals surface area contributed by atoms with E-state index in [1.54, 1.807) is 0 Å². The highest BCUT2D eigenvalue weighted by atomic mass is 16.6. The maximum absolute atomic E-state index is 12.7. The largest absolute Gasteiger partial charge is 0.462 e. The van der Waals surface area contributed by atoms with Crippen molar-refractivity contribution in [1.29, 1.82) is 0 Å². The van der Waals surface area contributed by atoms with Crippen LogP contribution in [0.5, 0.6) is 0 Å². The minimum absolute atomic E-state index is 0.0749. The van der Waals surface area contributed by atoms with Gasteiger partial charge in [0, 0.05) is 19.3 Å². The van der Waals surface area contributed by atoms with Gasteiger partial charge in [-0.15, -0.1) is 0 Å². The van der Waals surface area contributed by atoms with Gasteiger partial charge in [0.15, 0.2) is 6.10 Å². The Morgan fingerprint density at radius 2 is 0.627 bits per heavy atom. The summed E-state index contributed by atoms with van der Waals surface area (Å²) in [5, 5.41) is 0. The zero-order chi connectivity index (χ0) is 43.0. The number of hydrogen-bond acceptors (Lipinski definition) is 6. The fourth-order valence-electron chi connectivity index (χ4n) is 7.24. The number of rotatable bonds is 46. The van der Waals surface area contributed by atoms with Gasteiger partial charge in [0.25, 0.3) is 0 Å². The Morgan fingerprint density at radius 3 is 1.03 bits per heavy atom. The predicted molar refractivity (Wildman–Crippen MR) is 252 cm³/mol. The summed E-state index contributed by atoms with van der Waals surface area (Å²) in [4.78, 5) is 37.8. The lowest BCUT2D eigenvalue weighted by Gasteiger charge is -2.18. The zero-order valence-corrected chi connectivity index (χ0v) is 39.3. The van der Waals surface area contributed by atoms with Gasteiger partial charge in [0.1, 0.15) is 13.2 Å². The molecule has 0 aromatic rings. The van der Waals surface area contributed by atoms with E-state index in [1.165, 1.54) is 148 Å². The summed E-state index contributed by atoms with van der Waals surface area (Å²) < 4.78 is 16.8. The maximum atomic E-state index is 12.7. The smallest absolute Gasteiger partial charge is 0.306 e. The van der Waals surface area contributed by atoms with E-state index < -0.39 is 6.10 Å². The minimum Gasteiger partial charge on any atom is -0.462 e. The maximum Gasteiger partial charge on any atom is 0.306 e. The van der Waals surface area contributed by atoms with E-state index in [0.717, 1.165) is 77.0 Å². The van der Waals surface area contributed by atoms with Crippen molar-refractivity contribution in [2.24, 2.45) is 0 Å². The molecule has 0 spiro atoms. The van der Waals surface area contributed by atoms with E-state index in [4.69, 9.17) is 14.2 Å². The van der Waals surface area contributed by atoms with Crippen LogP contribution in [0.4, 0.5) is 0 Å². The number of carbonyl (C=O) groups excluding carboxylic acids is 3. The molecule has 0 bridgehead atoms. The quantitative estimate of drug-likeness (QED) is 0.0200. The summed E-state index contributed by atoms with van der Waals surface area (Å²) in [6, 6.07) is 0. The Hall–Kier alpha value is -2.37. The van der Waals surface area contributed by atoms with E-state index in [1.807, 2.05) is 0 Å². The van der Waals surface area contributed by atoms with Crippen molar-refractivity contribution < 1.29 is 28.6 Å². The van der Waals surface area contributed by atoms with Gasteiger partial charge in [-0.2, -0.15) is 0 Å². The second-order valence-corrected chi connectivity index (χ2v) is 17.1. The van der Waals surface area contributed by atoms with Crippen LogP contribution in [0.15, 0.2) is 36.5 Å². The molecule has 0 aromatic heterocycles. The Balaban J connectivity index is 4.29.